The van der Waals surface area contributed by atoms with E-state index in [4.69, 9.17) is 10.5 Å². The highest BCUT2D eigenvalue weighted by atomic mass is 79.9. The van der Waals surface area contributed by atoms with Crippen molar-refractivity contribution in [3.8, 4) is 5.75 Å². The van der Waals surface area contributed by atoms with Gasteiger partial charge in [0, 0.05) is 6.04 Å². The second kappa shape index (κ2) is 6.76. The number of halogens is 1. The van der Waals surface area contributed by atoms with Crippen molar-refractivity contribution < 1.29 is 4.74 Å². The average Bonchev–Trinajstić information content (AvgIpc) is 2.41. The summed E-state index contributed by atoms with van der Waals surface area (Å²) >= 11 is 3.59. The van der Waals surface area contributed by atoms with Crippen LogP contribution in [-0.2, 0) is 0 Å². The van der Waals surface area contributed by atoms with Crippen molar-refractivity contribution in [1.29, 1.82) is 0 Å². The lowest BCUT2D eigenvalue weighted by Gasteiger charge is -2.29. The van der Waals surface area contributed by atoms with Crippen molar-refractivity contribution in [1.82, 2.24) is 0 Å². The zero-order chi connectivity index (χ0) is 13.8. The first-order valence-corrected chi connectivity index (χ1v) is 8.11. The van der Waals surface area contributed by atoms with Crippen molar-refractivity contribution in [3.63, 3.8) is 0 Å². The number of hydrogen-bond donors (Lipinski definition) is 1. The highest BCUT2D eigenvalue weighted by Crippen LogP contribution is 2.33. The Kier molecular flexibility index (Phi) is 5.28. The molecule has 0 saturated heterocycles. The van der Waals surface area contributed by atoms with Gasteiger partial charge in [-0.1, -0.05) is 25.8 Å². The molecule has 0 radical (unpaired) electrons. The number of nitrogens with two attached hydrogens (primary N) is 1. The molecule has 1 aromatic carbocycles. The number of benzene rings is 1. The quantitative estimate of drug-likeness (QED) is 0.861. The molecule has 0 aromatic heterocycles. The molecule has 2 unspecified atom stereocenters. The number of hydrogen-bond acceptors (Lipinski definition) is 2. The van der Waals surface area contributed by atoms with Crippen molar-refractivity contribution in [3.05, 3.63) is 28.2 Å². The Labute approximate surface area is 124 Å². The first kappa shape index (κ1) is 14.9. The summed E-state index contributed by atoms with van der Waals surface area (Å²) in [6, 6.07) is 6.23. The van der Waals surface area contributed by atoms with Crippen LogP contribution < -0.4 is 10.5 Å². The largest absolute Gasteiger partial charge is 0.489 e. The molecule has 1 fully saturated rings. The summed E-state index contributed by atoms with van der Waals surface area (Å²) in [6.45, 7) is 4.27. The van der Waals surface area contributed by atoms with Gasteiger partial charge in [0.2, 0.25) is 0 Å². The molecule has 1 aromatic rings. The topological polar surface area (TPSA) is 35.2 Å². The SMILES string of the molecule is CCC1CCCC(Oc2ccc([C@H](C)N)cc2Br)C1. The van der Waals surface area contributed by atoms with Crippen molar-refractivity contribution in [2.45, 2.75) is 58.1 Å². The molecule has 1 saturated carbocycles. The van der Waals surface area contributed by atoms with Gasteiger partial charge in [0.05, 0.1) is 10.6 Å². The molecule has 3 heteroatoms. The van der Waals surface area contributed by atoms with Crippen LogP contribution in [0.25, 0.3) is 0 Å². The van der Waals surface area contributed by atoms with Gasteiger partial charge in [-0.2, -0.15) is 0 Å². The molecule has 2 nitrogen and oxygen atoms in total. The summed E-state index contributed by atoms with van der Waals surface area (Å²) in [5.74, 6) is 1.78. The standard InChI is InChI=1S/C16H24BrNO/c1-3-12-5-4-6-14(9-12)19-16-8-7-13(11(2)18)10-15(16)17/h7-8,10-12,14H,3-6,9,18H2,1-2H3/t11-,12?,14?/m0/s1. The van der Waals surface area contributed by atoms with E-state index in [0.717, 1.165) is 21.7 Å². The Hall–Kier alpha value is -0.540. The fraction of sp³-hybridized carbons (Fsp3) is 0.625. The highest BCUT2D eigenvalue weighted by molar-refractivity contribution is 9.10. The highest BCUT2D eigenvalue weighted by Gasteiger charge is 2.22. The molecular weight excluding hydrogens is 302 g/mol. The third-order valence-corrected chi connectivity index (χ3v) is 4.71. The minimum Gasteiger partial charge on any atom is -0.489 e. The minimum atomic E-state index is 0.0597. The van der Waals surface area contributed by atoms with E-state index in [1.807, 2.05) is 13.0 Å². The van der Waals surface area contributed by atoms with E-state index >= 15 is 0 Å². The lowest BCUT2D eigenvalue weighted by molar-refractivity contribution is 0.121. The molecule has 0 heterocycles. The van der Waals surface area contributed by atoms with E-state index in [2.05, 4.69) is 35.0 Å². The van der Waals surface area contributed by atoms with Gasteiger partial charge in [0.1, 0.15) is 5.75 Å². The van der Waals surface area contributed by atoms with E-state index in [0.29, 0.717) is 6.10 Å². The predicted octanol–water partition coefficient (Wildman–Crippen LogP) is 4.82. The minimum absolute atomic E-state index is 0.0597. The van der Waals surface area contributed by atoms with Gasteiger partial charge in [-0.15, -0.1) is 0 Å². The summed E-state index contributed by atoms with van der Waals surface area (Å²) < 4.78 is 7.18. The maximum atomic E-state index is 6.17. The molecule has 19 heavy (non-hydrogen) atoms. The summed E-state index contributed by atoms with van der Waals surface area (Å²) in [6.07, 6.45) is 6.66. The molecule has 0 spiro atoms. The van der Waals surface area contributed by atoms with Crippen LogP contribution in [0.3, 0.4) is 0 Å². The summed E-state index contributed by atoms with van der Waals surface area (Å²) in [7, 11) is 0. The van der Waals surface area contributed by atoms with Crippen molar-refractivity contribution in [2.24, 2.45) is 11.7 Å². The van der Waals surface area contributed by atoms with Crippen molar-refractivity contribution >= 4 is 15.9 Å². The zero-order valence-corrected chi connectivity index (χ0v) is 13.4. The lowest BCUT2D eigenvalue weighted by Crippen LogP contribution is -2.25. The van der Waals surface area contributed by atoms with Gasteiger partial charge in [0.25, 0.3) is 0 Å². The summed E-state index contributed by atoms with van der Waals surface area (Å²) in [5.41, 5.74) is 7.03. The van der Waals surface area contributed by atoms with E-state index < -0.39 is 0 Å². The molecule has 1 aliphatic carbocycles. The molecule has 2 rings (SSSR count). The maximum absolute atomic E-state index is 6.17. The third kappa shape index (κ3) is 3.96. The van der Waals surface area contributed by atoms with Gasteiger partial charge in [-0.3, -0.25) is 0 Å². The normalized spacial score (nSPS) is 25.1. The van der Waals surface area contributed by atoms with Crippen LogP contribution in [0.5, 0.6) is 5.75 Å². The molecule has 0 aliphatic heterocycles. The Balaban J connectivity index is 2.02. The average molecular weight is 326 g/mol. The Morgan fingerprint density at radius 3 is 2.84 bits per heavy atom. The fourth-order valence-corrected chi connectivity index (χ4v) is 3.28. The monoisotopic (exact) mass is 325 g/mol. The molecule has 0 bridgehead atoms. The maximum Gasteiger partial charge on any atom is 0.133 e. The van der Waals surface area contributed by atoms with Crippen LogP contribution in [0.2, 0.25) is 0 Å². The molecule has 2 N–H and O–H groups in total. The van der Waals surface area contributed by atoms with Gasteiger partial charge < -0.3 is 10.5 Å². The lowest BCUT2D eigenvalue weighted by atomic mass is 9.85. The van der Waals surface area contributed by atoms with E-state index in [1.54, 1.807) is 0 Å². The molecule has 106 valence electrons. The van der Waals surface area contributed by atoms with Gasteiger partial charge in [-0.25, -0.2) is 0 Å². The van der Waals surface area contributed by atoms with Crippen LogP contribution in [-0.4, -0.2) is 6.10 Å². The Bertz CT molecular complexity index is 419. The summed E-state index contributed by atoms with van der Waals surface area (Å²) in [5, 5.41) is 0. The molecule has 0 amide bonds. The summed E-state index contributed by atoms with van der Waals surface area (Å²) in [4.78, 5) is 0. The van der Waals surface area contributed by atoms with Crippen LogP contribution in [0.1, 0.15) is 57.6 Å². The predicted molar refractivity (Wildman–Crippen MR) is 83.4 cm³/mol. The molecule has 1 aliphatic rings. The smallest absolute Gasteiger partial charge is 0.133 e. The zero-order valence-electron chi connectivity index (χ0n) is 11.9. The van der Waals surface area contributed by atoms with Gasteiger partial charge in [0.15, 0.2) is 0 Å². The van der Waals surface area contributed by atoms with Crippen LogP contribution in [0.4, 0.5) is 0 Å². The number of ether oxygens (including phenoxy) is 1. The molecular formula is C16H24BrNO. The molecule has 3 atom stereocenters. The fourth-order valence-electron chi connectivity index (χ4n) is 2.79. The van der Waals surface area contributed by atoms with Crippen LogP contribution in [0, 0.1) is 5.92 Å². The van der Waals surface area contributed by atoms with Crippen LogP contribution in [0.15, 0.2) is 22.7 Å². The first-order chi connectivity index (χ1) is 9.10. The Morgan fingerprint density at radius 2 is 2.21 bits per heavy atom. The third-order valence-electron chi connectivity index (χ3n) is 4.09. The van der Waals surface area contributed by atoms with Gasteiger partial charge >= 0.3 is 0 Å². The Morgan fingerprint density at radius 1 is 1.42 bits per heavy atom. The van der Waals surface area contributed by atoms with E-state index in [1.165, 1.54) is 32.1 Å². The first-order valence-electron chi connectivity index (χ1n) is 7.31. The van der Waals surface area contributed by atoms with E-state index in [9.17, 15) is 0 Å². The second-order valence-corrected chi connectivity index (χ2v) is 6.51. The van der Waals surface area contributed by atoms with E-state index in [-0.39, 0.29) is 6.04 Å². The van der Waals surface area contributed by atoms with Crippen LogP contribution >= 0.6 is 15.9 Å². The second-order valence-electron chi connectivity index (χ2n) is 5.66. The van der Waals surface area contributed by atoms with Crippen molar-refractivity contribution in [2.75, 3.05) is 0 Å². The number of rotatable bonds is 4. The van der Waals surface area contributed by atoms with Gasteiger partial charge in [-0.05, 0) is 65.7 Å².